The van der Waals surface area contributed by atoms with Crippen molar-refractivity contribution in [3.8, 4) is 11.5 Å². The first-order valence-corrected chi connectivity index (χ1v) is 10.9. The molecule has 1 aromatic heterocycles. The van der Waals surface area contributed by atoms with Gasteiger partial charge in [-0.25, -0.2) is 0 Å². The van der Waals surface area contributed by atoms with E-state index in [1.807, 2.05) is 27.0 Å². The Balaban J connectivity index is 1.59. The van der Waals surface area contributed by atoms with Crippen LogP contribution in [0.4, 0.5) is 0 Å². The third-order valence-corrected chi connectivity index (χ3v) is 6.07. The van der Waals surface area contributed by atoms with Gasteiger partial charge in [0.1, 0.15) is 11.5 Å². The summed E-state index contributed by atoms with van der Waals surface area (Å²) in [4.78, 5) is 27.3. The molecule has 0 saturated heterocycles. The maximum absolute atomic E-state index is 12.9. The van der Waals surface area contributed by atoms with Gasteiger partial charge in [0.05, 0.1) is 24.2 Å². The highest BCUT2D eigenvalue weighted by Crippen LogP contribution is 2.29. The van der Waals surface area contributed by atoms with Crippen molar-refractivity contribution < 1.29 is 19.1 Å². The normalized spacial score (nSPS) is 18.2. The van der Waals surface area contributed by atoms with E-state index in [0.29, 0.717) is 40.1 Å². The molecule has 31 heavy (non-hydrogen) atoms. The van der Waals surface area contributed by atoms with E-state index in [4.69, 9.17) is 9.47 Å². The summed E-state index contributed by atoms with van der Waals surface area (Å²) in [5.41, 5.74) is 0.656. The van der Waals surface area contributed by atoms with Crippen molar-refractivity contribution in [3.05, 3.63) is 40.1 Å². The Morgan fingerprint density at radius 1 is 1.16 bits per heavy atom. The van der Waals surface area contributed by atoms with E-state index in [0.717, 1.165) is 0 Å². The minimum Gasteiger partial charge on any atom is -0.497 e. The molecule has 2 aromatic rings. The van der Waals surface area contributed by atoms with Crippen molar-refractivity contribution in [2.45, 2.75) is 51.2 Å². The van der Waals surface area contributed by atoms with Gasteiger partial charge in [-0.3, -0.25) is 14.3 Å². The van der Waals surface area contributed by atoms with E-state index in [-0.39, 0.29) is 29.4 Å². The predicted molar refractivity (Wildman–Crippen MR) is 121 cm³/mol. The lowest BCUT2D eigenvalue weighted by Crippen LogP contribution is -2.54. The molecule has 0 bridgehead atoms. The van der Waals surface area contributed by atoms with Crippen LogP contribution in [-0.2, 0) is 5.54 Å². The number of nitrogens with one attached hydrogen (secondary N) is 1. The standard InChI is InChI=1S/C22H29BrN4O4/c1-22(2,3)27-12-18(23)19(25-27)21(29)26(4)15-9-14(10-15)24-20(28)13-7-16(30-5)11-17(8-13)31-6/h7-8,11-12,14-15H,9-10H2,1-6H3,(H,24,28). The fourth-order valence-corrected chi connectivity index (χ4v) is 3.85. The first-order valence-electron chi connectivity index (χ1n) is 10.1. The quantitative estimate of drug-likeness (QED) is 0.667. The minimum absolute atomic E-state index is 0.000481. The third kappa shape index (κ3) is 5.03. The van der Waals surface area contributed by atoms with E-state index in [1.165, 1.54) is 0 Å². The van der Waals surface area contributed by atoms with Crippen LogP contribution in [-0.4, -0.2) is 59.8 Å². The molecule has 1 aromatic carbocycles. The first kappa shape index (κ1) is 23.1. The number of ether oxygens (including phenoxy) is 2. The fourth-order valence-electron chi connectivity index (χ4n) is 3.40. The summed E-state index contributed by atoms with van der Waals surface area (Å²) in [5.74, 6) is 0.784. The molecular weight excluding hydrogens is 464 g/mol. The van der Waals surface area contributed by atoms with Crippen LogP contribution in [0.3, 0.4) is 0 Å². The van der Waals surface area contributed by atoms with Crippen molar-refractivity contribution in [3.63, 3.8) is 0 Å². The largest absolute Gasteiger partial charge is 0.497 e. The zero-order valence-corrected chi connectivity index (χ0v) is 20.3. The number of aromatic nitrogens is 2. The number of nitrogens with zero attached hydrogens (tertiary/aromatic N) is 3. The van der Waals surface area contributed by atoms with Gasteiger partial charge in [-0.2, -0.15) is 5.10 Å². The van der Waals surface area contributed by atoms with Gasteiger partial charge in [0.2, 0.25) is 0 Å². The molecule has 3 rings (SSSR count). The van der Waals surface area contributed by atoms with Crippen LogP contribution < -0.4 is 14.8 Å². The number of benzene rings is 1. The molecule has 0 aliphatic heterocycles. The van der Waals surface area contributed by atoms with Crippen molar-refractivity contribution in [2.75, 3.05) is 21.3 Å². The summed E-state index contributed by atoms with van der Waals surface area (Å²) in [6.45, 7) is 6.09. The summed E-state index contributed by atoms with van der Waals surface area (Å²) in [7, 11) is 4.87. The number of amides is 2. The molecule has 0 radical (unpaired) electrons. The van der Waals surface area contributed by atoms with Crippen LogP contribution in [0.25, 0.3) is 0 Å². The lowest BCUT2D eigenvalue weighted by Gasteiger charge is -2.41. The van der Waals surface area contributed by atoms with Crippen molar-refractivity contribution in [2.24, 2.45) is 0 Å². The lowest BCUT2D eigenvalue weighted by molar-refractivity contribution is 0.0576. The SMILES string of the molecule is COc1cc(OC)cc(C(=O)NC2CC(N(C)C(=O)c3nn(C(C)(C)C)cc3Br)C2)c1. The molecule has 1 heterocycles. The van der Waals surface area contributed by atoms with Gasteiger partial charge in [0.15, 0.2) is 5.69 Å². The highest BCUT2D eigenvalue weighted by Gasteiger charge is 2.37. The molecule has 0 spiro atoms. The molecule has 9 heteroatoms. The van der Waals surface area contributed by atoms with Gasteiger partial charge >= 0.3 is 0 Å². The number of methoxy groups -OCH3 is 2. The molecule has 1 fully saturated rings. The number of carbonyl (C=O) groups excluding carboxylic acids is 2. The zero-order chi connectivity index (χ0) is 22.9. The van der Waals surface area contributed by atoms with Gasteiger partial charge < -0.3 is 19.7 Å². The molecule has 1 N–H and O–H groups in total. The Hall–Kier alpha value is -2.55. The summed E-state index contributed by atoms with van der Waals surface area (Å²) < 4.78 is 12.9. The average molecular weight is 493 g/mol. The minimum atomic E-state index is -0.214. The van der Waals surface area contributed by atoms with Gasteiger partial charge in [-0.1, -0.05) is 0 Å². The van der Waals surface area contributed by atoms with E-state index >= 15 is 0 Å². The number of hydrogen-bond acceptors (Lipinski definition) is 5. The van der Waals surface area contributed by atoms with Crippen molar-refractivity contribution in [1.29, 1.82) is 0 Å². The van der Waals surface area contributed by atoms with Gasteiger partial charge in [-0.05, 0) is 61.7 Å². The molecule has 8 nitrogen and oxygen atoms in total. The topological polar surface area (TPSA) is 85.7 Å². The van der Waals surface area contributed by atoms with E-state index in [1.54, 1.807) is 49.0 Å². The monoisotopic (exact) mass is 492 g/mol. The molecule has 0 atom stereocenters. The second-order valence-electron chi connectivity index (χ2n) is 8.75. The number of carbonyl (C=O) groups is 2. The van der Waals surface area contributed by atoms with Crippen LogP contribution in [0.1, 0.15) is 54.5 Å². The van der Waals surface area contributed by atoms with Gasteiger partial charge in [0.25, 0.3) is 11.8 Å². The lowest BCUT2D eigenvalue weighted by atomic mass is 9.85. The average Bonchev–Trinajstić information content (AvgIpc) is 3.10. The summed E-state index contributed by atoms with van der Waals surface area (Å²) >= 11 is 3.45. The van der Waals surface area contributed by atoms with E-state index in [9.17, 15) is 9.59 Å². The van der Waals surface area contributed by atoms with Crippen LogP contribution in [0.2, 0.25) is 0 Å². The number of halogens is 1. The molecule has 1 aliphatic carbocycles. The molecular formula is C22H29BrN4O4. The third-order valence-electron chi connectivity index (χ3n) is 5.49. The van der Waals surface area contributed by atoms with Crippen molar-refractivity contribution >= 4 is 27.7 Å². The molecule has 1 saturated carbocycles. The molecule has 168 valence electrons. The highest BCUT2D eigenvalue weighted by molar-refractivity contribution is 9.10. The van der Waals surface area contributed by atoms with E-state index < -0.39 is 0 Å². The highest BCUT2D eigenvalue weighted by atomic mass is 79.9. The Morgan fingerprint density at radius 3 is 2.23 bits per heavy atom. The Kier molecular flexibility index (Phi) is 6.64. The van der Waals surface area contributed by atoms with E-state index in [2.05, 4.69) is 26.3 Å². The smallest absolute Gasteiger partial charge is 0.275 e. The Labute approximate surface area is 191 Å². The van der Waals surface area contributed by atoms with Gasteiger partial charge in [-0.15, -0.1) is 0 Å². The molecule has 1 aliphatic rings. The summed E-state index contributed by atoms with van der Waals surface area (Å²) in [6.07, 6.45) is 3.20. The Morgan fingerprint density at radius 2 is 1.74 bits per heavy atom. The first-order chi connectivity index (χ1) is 14.5. The molecule has 2 amide bonds. The second-order valence-corrected chi connectivity index (χ2v) is 9.61. The van der Waals surface area contributed by atoms with Crippen LogP contribution in [0.5, 0.6) is 11.5 Å². The van der Waals surface area contributed by atoms with Crippen LogP contribution in [0.15, 0.2) is 28.9 Å². The van der Waals surface area contributed by atoms with Gasteiger partial charge in [0, 0.05) is 37.0 Å². The maximum atomic E-state index is 12.9. The summed E-state index contributed by atoms with van der Waals surface area (Å²) in [5, 5.41) is 7.48. The predicted octanol–water partition coefficient (Wildman–Crippen LogP) is 3.45. The Bertz CT molecular complexity index is 954. The zero-order valence-electron chi connectivity index (χ0n) is 18.7. The maximum Gasteiger partial charge on any atom is 0.275 e. The number of rotatable bonds is 6. The summed E-state index contributed by atoms with van der Waals surface area (Å²) in [6, 6.07) is 5.11. The van der Waals surface area contributed by atoms with Crippen LogP contribution >= 0.6 is 15.9 Å². The fraction of sp³-hybridized carbons (Fsp3) is 0.500. The molecule has 0 unspecified atom stereocenters. The van der Waals surface area contributed by atoms with Crippen LogP contribution in [0, 0.1) is 0 Å². The second kappa shape index (κ2) is 8.90. The van der Waals surface area contributed by atoms with Crippen molar-refractivity contribution in [1.82, 2.24) is 20.0 Å². The number of hydrogen-bond donors (Lipinski definition) is 1.